The lowest BCUT2D eigenvalue weighted by Gasteiger charge is -2.39. The maximum atomic E-state index is 12.9. The molecule has 0 bridgehead atoms. The maximum absolute atomic E-state index is 12.9. The summed E-state index contributed by atoms with van der Waals surface area (Å²) in [4.78, 5) is 25.8. The van der Waals surface area contributed by atoms with Crippen molar-refractivity contribution in [3.8, 4) is 6.07 Å². The predicted octanol–water partition coefficient (Wildman–Crippen LogP) is 4.45. The number of rotatable bonds is 5. The Morgan fingerprint density at radius 1 is 1.36 bits per heavy atom. The van der Waals surface area contributed by atoms with Gasteiger partial charge in [0.1, 0.15) is 12.1 Å². The number of nitrogens with one attached hydrogen (secondary N) is 1. The van der Waals surface area contributed by atoms with Crippen LogP contribution in [0, 0.1) is 17.2 Å². The van der Waals surface area contributed by atoms with Crippen molar-refractivity contribution in [3.05, 3.63) is 28.2 Å². The van der Waals surface area contributed by atoms with Gasteiger partial charge in [0.05, 0.1) is 11.3 Å². The molecule has 0 radical (unpaired) electrons. The van der Waals surface area contributed by atoms with Gasteiger partial charge in [0.2, 0.25) is 5.91 Å². The fraction of sp³-hybridized carbons (Fsp3) is 0.500. The van der Waals surface area contributed by atoms with Gasteiger partial charge in [-0.25, -0.2) is 4.79 Å². The molecule has 0 heterocycles. The summed E-state index contributed by atoms with van der Waals surface area (Å²) in [7, 11) is 0. The van der Waals surface area contributed by atoms with Crippen molar-refractivity contribution in [3.63, 3.8) is 0 Å². The molecule has 0 aliphatic carbocycles. The van der Waals surface area contributed by atoms with Gasteiger partial charge < -0.3 is 10.4 Å². The number of nitrogens with zero attached hydrogens (tertiary/aromatic N) is 2. The number of carbonyl (C=O) groups excluding carboxylic acids is 1. The molecule has 0 aromatic heterocycles. The van der Waals surface area contributed by atoms with Crippen LogP contribution in [-0.2, 0) is 4.79 Å². The Morgan fingerprint density at radius 2 is 1.96 bits per heavy atom. The van der Waals surface area contributed by atoms with Gasteiger partial charge in [0.25, 0.3) is 0 Å². The number of benzene rings is 1. The topological polar surface area (TPSA) is 93.4 Å². The number of nitriles is 1. The Balaban J connectivity index is 3.22. The second-order valence-electron chi connectivity index (χ2n) is 7.26. The molecule has 1 atom stereocenters. The van der Waals surface area contributed by atoms with Crippen LogP contribution < -0.4 is 5.32 Å². The van der Waals surface area contributed by atoms with Crippen molar-refractivity contribution in [2.24, 2.45) is 5.92 Å². The third-order valence-corrected chi connectivity index (χ3v) is 4.09. The van der Waals surface area contributed by atoms with Crippen LogP contribution in [0.15, 0.2) is 22.7 Å². The molecule has 1 unspecified atom stereocenters. The quantitative estimate of drug-likeness (QED) is 0.750. The minimum absolute atomic E-state index is 0.125. The summed E-state index contributed by atoms with van der Waals surface area (Å²) in [6.45, 7) is 9.12. The molecule has 0 fully saturated rings. The fourth-order valence-corrected chi connectivity index (χ4v) is 2.96. The molecule has 6 nitrogen and oxygen atoms in total. The second-order valence-corrected chi connectivity index (χ2v) is 8.18. The van der Waals surface area contributed by atoms with Crippen molar-refractivity contribution < 1.29 is 14.7 Å². The number of hydrogen-bond donors (Lipinski definition) is 2. The number of anilines is 1. The lowest BCUT2D eigenvalue weighted by atomic mass is 9.96. The normalized spacial score (nSPS) is 12.4. The van der Waals surface area contributed by atoms with E-state index in [2.05, 4.69) is 21.2 Å². The van der Waals surface area contributed by atoms with Crippen LogP contribution in [-0.4, -0.2) is 33.6 Å². The minimum Gasteiger partial charge on any atom is -0.465 e. The molecule has 1 aromatic carbocycles. The fourth-order valence-electron chi connectivity index (χ4n) is 2.60. The summed E-state index contributed by atoms with van der Waals surface area (Å²) < 4.78 is 0.725. The Hall–Kier alpha value is -2.07. The van der Waals surface area contributed by atoms with Gasteiger partial charge >= 0.3 is 6.09 Å². The van der Waals surface area contributed by atoms with Crippen LogP contribution in [0.4, 0.5) is 10.5 Å². The van der Waals surface area contributed by atoms with Crippen LogP contribution in [0.1, 0.15) is 46.6 Å². The smallest absolute Gasteiger partial charge is 0.408 e. The largest absolute Gasteiger partial charge is 0.465 e. The number of carboxylic acid groups (broad SMARTS) is 1. The molecule has 0 aliphatic heterocycles. The van der Waals surface area contributed by atoms with E-state index in [0.717, 1.165) is 4.47 Å². The molecular formula is C18H24BrN3O3. The third-order valence-electron chi connectivity index (χ3n) is 3.60. The van der Waals surface area contributed by atoms with Gasteiger partial charge in [-0.1, -0.05) is 29.8 Å². The second kappa shape index (κ2) is 8.34. The van der Waals surface area contributed by atoms with Gasteiger partial charge in [-0.05, 0) is 51.3 Å². The van der Waals surface area contributed by atoms with Crippen LogP contribution in [0.5, 0.6) is 0 Å². The van der Waals surface area contributed by atoms with Crippen molar-refractivity contribution in [2.45, 2.75) is 52.6 Å². The Morgan fingerprint density at radius 3 is 2.40 bits per heavy atom. The molecule has 2 amide bonds. The van der Waals surface area contributed by atoms with Crippen LogP contribution >= 0.6 is 15.9 Å². The standard InChI is InChI=1S/C18H24BrN3O3/c1-11(2)8-15(22(17(24)25)18(3,4)5)16(23)21-14-7-6-13(19)9-12(14)10-20/h6-7,9,11,15H,8H2,1-5H3,(H,21,23)(H,24,25). The first kappa shape index (κ1) is 21.0. The van der Waals surface area contributed by atoms with Crippen molar-refractivity contribution in [2.75, 3.05) is 5.32 Å². The highest BCUT2D eigenvalue weighted by atomic mass is 79.9. The van der Waals surface area contributed by atoms with E-state index in [-0.39, 0.29) is 5.92 Å². The molecule has 25 heavy (non-hydrogen) atoms. The Labute approximate surface area is 156 Å². The van der Waals surface area contributed by atoms with Gasteiger partial charge in [-0.2, -0.15) is 5.26 Å². The Bertz CT molecular complexity index is 690. The average molecular weight is 410 g/mol. The van der Waals surface area contributed by atoms with E-state index in [1.807, 2.05) is 19.9 Å². The summed E-state index contributed by atoms with van der Waals surface area (Å²) >= 11 is 3.28. The van der Waals surface area contributed by atoms with E-state index < -0.39 is 23.6 Å². The molecule has 7 heteroatoms. The lowest BCUT2D eigenvalue weighted by Crippen LogP contribution is -2.56. The molecule has 0 spiro atoms. The SMILES string of the molecule is CC(C)CC(C(=O)Nc1ccc(Br)cc1C#N)N(C(=O)O)C(C)(C)C. The number of carbonyl (C=O) groups is 2. The molecular weight excluding hydrogens is 386 g/mol. The Kier molecular flexibility index (Phi) is 7.00. The van der Waals surface area contributed by atoms with E-state index >= 15 is 0 Å². The van der Waals surface area contributed by atoms with Crippen LogP contribution in [0.3, 0.4) is 0 Å². The van der Waals surface area contributed by atoms with Crippen molar-refractivity contribution >= 4 is 33.6 Å². The molecule has 2 N–H and O–H groups in total. The summed E-state index contributed by atoms with van der Waals surface area (Å²) in [5.41, 5.74) is -0.0621. The van der Waals surface area contributed by atoms with Gasteiger partial charge in [-0.3, -0.25) is 9.69 Å². The van der Waals surface area contributed by atoms with Crippen molar-refractivity contribution in [1.29, 1.82) is 5.26 Å². The summed E-state index contributed by atoms with van der Waals surface area (Å²) in [6.07, 6.45) is -0.766. The molecule has 0 aliphatic rings. The van der Waals surface area contributed by atoms with E-state index in [1.54, 1.807) is 39.0 Å². The minimum atomic E-state index is -1.15. The number of hydrogen-bond acceptors (Lipinski definition) is 3. The summed E-state index contributed by atoms with van der Waals surface area (Å²) in [6, 6.07) is 6.11. The third kappa shape index (κ3) is 5.75. The van der Waals surface area contributed by atoms with Crippen molar-refractivity contribution in [1.82, 2.24) is 4.90 Å². The highest BCUT2D eigenvalue weighted by molar-refractivity contribution is 9.10. The molecule has 136 valence electrons. The molecule has 0 saturated carbocycles. The predicted molar refractivity (Wildman–Crippen MR) is 100 cm³/mol. The first-order valence-corrected chi connectivity index (χ1v) is 8.79. The first-order valence-electron chi connectivity index (χ1n) is 8.00. The molecule has 1 rings (SSSR count). The van der Waals surface area contributed by atoms with Gasteiger partial charge in [0, 0.05) is 10.0 Å². The number of amides is 2. The lowest BCUT2D eigenvalue weighted by molar-refractivity contribution is -0.123. The zero-order chi connectivity index (χ0) is 19.4. The van der Waals surface area contributed by atoms with E-state index in [9.17, 15) is 20.0 Å². The van der Waals surface area contributed by atoms with E-state index in [0.29, 0.717) is 17.7 Å². The number of halogens is 1. The zero-order valence-electron chi connectivity index (χ0n) is 15.1. The molecule has 1 aromatic rings. The monoisotopic (exact) mass is 409 g/mol. The van der Waals surface area contributed by atoms with Gasteiger partial charge in [-0.15, -0.1) is 0 Å². The van der Waals surface area contributed by atoms with E-state index in [4.69, 9.17) is 0 Å². The van der Waals surface area contributed by atoms with E-state index in [1.165, 1.54) is 4.90 Å². The first-order chi connectivity index (χ1) is 11.5. The highest BCUT2D eigenvalue weighted by Crippen LogP contribution is 2.25. The van der Waals surface area contributed by atoms with Crippen LogP contribution in [0.25, 0.3) is 0 Å². The summed E-state index contributed by atoms with van der Waals surface area (Å²) in [5.74, 6) is -0.315. The summed E-state index contributed by atoms with van der Waals surface area (Å²) in [5, 5.41) is 21.6. The zero-order valence-corrected chi connectivity index (χ0v) is 16.7. The van der Waals surface area contributed by atoms with Gasteiger partial charge in [0.15, 0.2) is 0 Å². The van der Waals surface area contributed by atoms with Crippen LogP contribution in [0.2, 0.25) is 0 Å². The molecule has 0 saturated heterocycles. The highest BCUT2D eigenvalue weighted by Gasteiger charge is 2.37. The maximum Gasteiger partial charge on any atom is 0.408 e. The average Bonchev–Trinajstić information content (AvgIpc) is 2.45.